The van der Waals surface area contributed by atoms with E-state index in [4.69, 9.17) is 22.3 Å². The maximum absolute atomic E-state index is 9.76. The number of para-hydroxylation sites is 2. The number of hydrogen-bond acceptors (Lipinski definition) is 3. The average Bonchev–Trinajstić information content (AvgIpc) is 3.77. The first kappa shape index (κ1) is 15.8. The van der Waals surface area contributed by atoms with Crippen molar-refractivity contribution in [1.29, 1.82) is 0 Å². The van der Waals surface area contributed by atoms with Crippen LogP contribution in [-0.4, -0.2) is 14.5 Å². The topological polar surface area (TPSA) is 30.7 Å². The highest BCUT2D eigenvalue weighted by Gasteiger charge is 2.17. The van der Waals surface area contributed by atoms with Crippen molar-refractivity contribution >= 4 is 53.3 Å². The Kier molecular flexibility index (Phi) is 3.59. The highest BCUT2D eigenvalue weighted by atomic mass is 32.1. The lowest BCUT2D eigenvalue weighted by Crippen LogP contribution is -1.97. The van der Waals surface area contributed by atoms with Gasteiger partial charge in [-0.05, 0) is 36.3 Å². The van der Waals surface area contributed by atoms with E-state index in [-0.39, 0.29) is 33.2 Å². The molecule has 0 bridgehead atoms. The van der Waals surface area contributed by atoms with Crippen LogP contribution in [-0.2, 0) is 0 Å². The van der Waals surface area contributed by atoms with Crippen LogP contribution in [0.1, 0.15) is 16.4 Å². The van der Waals surface area contributed by atoms with Crippen molar-refractivity contribution in [3.05, 3.63) is 151 Å². The molecule has 6 aromatic carbocycles. The van der Waals surface area contributed by atoms with Gasteiger partial charge in [-0.1, -0.05) is 115 Å². The van der Waals surface area contributed by atoms with Crippen molar-refractivity contribution in [2.75, 3.05) is 0 Å². The Hall–Kier alpha value is -5.58. The highest BCUT2D eigenvalue weighted by molar-refractivity contribution is 7.26. The summed E-state index contributed by atoms with van der Waals surface area (Å²) >= 11 is 1.60. The van der Waals surface area contributed by atoms with Crippen LogP contribution in [0.4, 0.5) is 0 Å². The maximum atomic E-state index is 9.76. The standard InChI is InChI=1S/C40H25N3S/c1-3-12-26(13-4-1)34-25-35(33-19-11-18-32-31-17-8-10-21-38(31)44-39(32)33)42-40(41-34)27-22-23-30-29-16-7-9-20-36(29)43(37(30)24-27)28-14-5-2-6-15-28/h1-25H/i2D,5D,6D,7D,9D,14D,15D,16D,20D,22D,23D,24D. The maximum Gasteiger partial charge on any atom is 0.160 e. The van der Waals surface area contributed by atoms with Crippen LogP contribution in [0.3, 0.4) is 0 Å². The molecule has 3 nitrogen and oxygen atoms in total. The van der Waals surface area contributed by atoms with Crippen LogP contribution in [0.15, 0.2) is 151 Å². The molecule has 0 atom stereocenters. The fourth-order valence-corrected chi connectivity index (χ4v) is 6.83. The zero-order valence-electron chi connectivity index (χ0n) is 34.8. The number of benzene rings is 6. The minimum atomic E-state index is -0.703. The first-order valence-electron chi connectivity index (χ1n) is 19.8. The molecule has 0 fully saturated rings. The largest absolute Gasteiger partial charge is 0.309 e. The lowest BCUT2D eigenvalue weighted by atomic mass is 10.0. The van der Waals surface area contributed by atoms with E-state index in [2.05, 4.69) is 6.07 Å². The summed E-state index contributed by atoms with van der Waals surface area (Å²) < 4.78 is 109. The van der Waals surface area contributed by atoms with E-state index in [9.17, 15) is 4.11 Å². The monoisotopic (exact) mass is 591 g/mol. The molecule has 0 aliphatic carbocycles. The van der Waals surface area contributed by atoms with E-state index < -0.39 is 78.2 Å². The fraction of sp³-hybridized carbons (Fsp3) is 0. The molecule has 0 spiro atoms. The van der Waals surface area contributed by atoms with Crippen molar-refractivity contribution in [2.45, 2.75) is 0 Å². The molecule has 9 aromatic rings. The molecule has 0 saturated carbocycles. The lowest BCUT2D eigenvalue weighted by Gasteiger charge is -2.11. The summed E-state index contributed by atoms with van der Waals surface area (Å²) in [6.07, 6.45) is 0. The minimum Gasteiger partial charge on any atom is -0.309 e. The SMILES string of the molecule is [2H]c1c([2H])c([2H])c(-n2c3c([2H])c([2H])c([2H])c([2H])c3c3c([2H])c([2H])c(-c4nc(-c5ccccc5)cc(-c5cccc6c5sc5ccccc56)n4)c([2H])c32)c([2H])c1[2H]. The Morgan fingerprint density at radius 1 is 0.568 bits per heavy atom. The van der Waals surface area contributed by atoms with Crippen LogP contribution in [0.5, 0.6) is 0 Å². The number of thiophene rings is 1. The molecule has 0 amide bonds. The van der Waals surface area contributed by atoms with Gasteiger partial charge in [0.15, 0.2) is 5.82 Å². The minimum absolute atomic E-state index is 0.0951. The van der Waals surface area contributed by atoms with Gasteiger partial charge in [0.05, 0.1) is 38.9 Å². The van der Waals surface area contributed by atoms with Crippen LogP contribution in [0, 0.1) is 0 Å². The van der Waals surface area contributed by atoms with E-state index in [0.717, 1.165) is 30.3 Å². The van der Waals surface area contributed by atoms with Crippen molar-refractivity contribution in [2.24, 2.45) is 0 Å². The van der Waals surface area contributed by atoms with E-state index in [1.54, 1.807) is 11.3 Å². The number of nitrogens with zero attached hydrogens (tertiary/aromatic N) is 3. The summed E-state index contributed by atoms with van der Waals surface area (Å²) in [5.41, 5.74) is 1.16. The average molecular weight is 592 g/mol. The summed E-state index contributed by atoms with van der Waals surface area (Å²) in [6, 6.07) is 17.6. The van der Waals surface area contributed by atoms with Gasteiger partial charge in [0, 0.05) is 53.3 Å². The predicted octanol–water partition coefficient (Wildman–Crippen LogP) is 10.9. The van der Waals surface area contributed by atoms with E-state index in [1.165, 1.54) is 0 Å². The third-order valence-corrected chi connectivity index (χ3v) is 8.79. The highest BCUT2D eigenvalue weighted by Crippen LogP contribution is 2.41. The summed E-state index contributed by atoms with van der Waals surface area (Å²) in [6.45, 7) is 0. The lowest BCUT2D eigenvalue weighted by molar-refractivity contribution is 1.17. The van der Waals surface area contributed by atoms with Gasteiger partial charge in [-0.15, -0.1) is 11.3 Å². The molecule has 0 aliphatic rings. The first-order valence-corrected chi connectivity index (χ1v) is 14.6. The number of rotatable bonds is 4. The van der Waals surface area contributed by atoms with Crippen molar-refractivity contribution in [1.82, 2.24) is 14.5 Å². The smallest absolute Gasteiger partial charge is 0.160 e. The Balaban J connectivity index is 1.45. The van der Waals surface area contributed by atoms with Gasteiger partial charge in [0.25, 0.3) is 0 Å². The van der Waals surface area contributed by atoms with Crippen LogP contribution in [0.25, 0.3) is 81.6 Å². The summed E-state index contributed by atoms with van der Waals surface area (Å²) in [5, 5.41) is 1.65. The molecule has 9 rings (SSSR count). The molecule has 0 radical (unpaired) electrons. The van der Waals surface area contributed by atoms with Gasteiger partial charge in [0.2, 0.25) is 0 Å². The molecular formula is C40H25N3S. The zero-order chi connectivity index (χ0) is 39.5. The van der Waals surface area contributed by atoms with Gasteiger partial charge >= 0.3 is 0 Å². The van der Waals surface area contributed by atoms with Gasteiger partial charge < -0.3 is 4.57 Å². The second-order valence-corrected chi connectivity index (χ2v) is 11.2. The van der Waals surface area contributed by atoms with Crippen LogP contribution in [0.2, 0.25) is 0 Å². The van der Waals surface area contributed by atoms with Crippen molar-refractivity contribution < 1.29 is 16.4 Å². The van der Waals surface area contributed by atoms with Crippen molar-refractivity contribution in [3.8, 4) is 39.6 Å². The van der Waals surface area contributed by atoms with Crippen LogP contribution < -0.4 is 0 Å². The molecule has 0 N–H and O–H groups in total. The number of fused-ring (bicyclic) bond motifs is 6. The molecule has 0 saturated heterocycles. The van der Waals surface area contributed by atoms with Gasteiger partial charge in [-0.2, -0.15) is 0 Å². The Morgan fingerprint density at radius 3 is 2.23 bits per heavy atom. The van der Waals surface area contributed by atoms with Crippen LogP contribution >= 0.6 is 11.3 Å². The Morgan fingerprint density at radius 2 is 1.32 bits per heavy atom. The third kappa shape index (κ3) is 3.96. The fourth-order valence-electron chi connectivity index (χ4n) is 5.60. The van der Waals surface area contributed by atoms with E-state index >= 15 is 0 Å². The number of hydrogen-bond donors (Lipinski definition) is 0. The molecule has 4 heteroatoms. The molecule has 3 heterocycles. The van der Waals surface area contributed by atoms with Gasteiger partial charge in [0.1, 0.15) is 0 Å². The van der Waals surface area contributed by atoms with E-state index in [1.807, 2.05) is 72.8 Å². The molecule has 0 aliphatic heterocycles. The summed E-state index contributed by atoms with van der Waals surface area (Å²) in [7, 11) is 0. The molecular weight excluding hydrogens is 555 g/mol. The second-order valence-electron chi connectivity index (χ2n) is 10.1. The number of aromatic nitrogens is 3. The second kappa shape index (κ2) is 10.0. The summed E-state index contributed by atoms with van der Waals surface area (Å²) in [4.78, 5) is 9.81. The molecule has 206 valence electrons. The zero-order valence-corrected chi connectivity index (χ0v) is 23.6. The molecule has 44 heavy (non-hydrogen) atoms. The van der Waals surface area contributed by atoms with E-state index in [0.29, 0.717) is 17.0 Å². The van der Waals surface area contributed by atoms with Crippen molar-refractivity contribution in [3.63, 3.8) is 0 Å². The quantitative estimate of drug-likeness (QED) is 0.204. The normalized spacial score (nSPS) is 15.5. The molecule has 0 unspecified atom stereocenters. The van der Waals surface area contributed by atoms with Gasteiger partial charge in [-0.25, -0.2) is 9.97 Å². The Bertz CT molecular complexity index is 3150. The predicted molar refractivity (Wildman–Crippen MR) is 186 cm³/mol. The first-order chi connectivity index (χ1) is 26.8. The Labute approximate surface area is 275 Å². The third-order valence-electron chi connectivity index (χ3n) is 7.57. The summed E-state index contributed by atoms with van der Waals surface area (Å²) in [5.74, 6) is -0.0951. The van der Waals surface area contributed by atoms with Gasteiger partial charge in [-0.3, -0.25) is 0 Å². The molecule has 3 aromatic heterocycles.